The molecule has 1 aromatic rings. The van der Waals surface area contributed by atoms with Gasteiger partial charge in [-0.3, -0.25) is 0 Å². The van der Waals surface area contributed by atoms with E-state index in [4.69, 9.17) is 4.74 Å². The first kappa shape index (κ1) is 11.2. The molecule has 78 valence electrons. The second-order valence-corrected chi connectivity index (χ2v) is 3.48. The minimum atomic E-state index is -0.536. The highest BCUT2D eigenvalue weighted by Gasteiger charge is 2.15. The fourth-order valence-corrected chi connectivity index (χ4v) is 1.40. The van der Waals surface area contributed by atoms with Crippen LogP contribution in [0, 0.1) is 0 Å². The summed E-state index contributed by atoms with van der Waals surface area (Å²) >= 11 is 0. The van der Waals surface area contributed by atoms with E-state index in [0.717, 1.165) is 12.0 Å². The van der Waals surface area contributed by atoms with Gasteiger partial charge < -0.3 is 9.84 Å². The molecule has 1 aromatic carbocycles. The summed E-state index contributed by atoms with van der Waals surface area (Å²) in [4.78, 5) is 0. The minimum absolute atomic E-state index is 0.165. The molecule has 2 atom stereocenters. The predicted octanol–water partition coefficient (Wildman–Crippen LogP) is 2.32. The Morgan fingerprint density at radius 3 is 2.71 bits per heavy atom. The molecule has 0 heterocycles. The van der Waals surface area contributed by atoms with Crippen molar-refractivity contribution in [1.82, 2.24) is 0 Å². The molecule has 0 amide bonds. The first-order valence-electron chi connectivity index (χ1n) is 4.98. The maximum absolute atomic E-state index is 9.88. The molecule has 0 aromatic heterocycles. The normalized spacial score (nSPS) is 15.1. The van der Waals surface area contributed by atoms with Gasteiger partial charge in [0, 0.05) is 7.11 Å². The van der Waals surface area contributed by atoms with Gasteiger partial charge in [-0.2, -0.15) is 0 Å². The van der Waals surface area contributed by atoms with E-state index < -0.39 is 6.10 Å². The Morgan fingerprint density at radius 1 is 1.43 bits per heavy atom. The zero-order valence-electron chi connectivity index (χ0n) is 9.03. The molecule has 2 nitrogen and oxygen atoms in total. The molecule has 0 saturated carbocycles. The first-order chi connectivity index (χ1) is 6.69. The summed E-state index contributed by atoms with van der Waals surface area (Å²) in [6.07, 6.45) is 0.288. The van der Waals surface area contributed by atoms with Crippen LogP contribution in [-0.2, 0) is 11.2 Å². The Labute approximate surface area is 85.5 Å². The lowest BCUT2D eigenvalue weighted by Crippen LogP contribution is -2.16. The van der Waals surface area contributed by atoms with E-state index in [2.05, 4.69) is 13.0 Å². The fraction of sp³-hybridized carbons (Fsp3) is 0.500. The van der Waals surface area contributed by atoms with Crippen LogP contribution < -0.4 is 0 Å². The molecule has 0 aliphatic carbocycles. The molecule has 1 rings (SSSR count). The third-order valence-electron chi connectivity index (χ3n) is 2.52. The second-order valence-electron chi connectivity index (χ2n) is 3.48. The molecule has 0 saturated heterocycles. The molecule has 2 heteroatoms. The highest BCUT2D eigenvalue weighted by molar-refractivity contribution is 5.25. The molecule has 14 heavy (non-hydrogen) atoms. The van der Waals surface area contributed by atoms with Crippen molar-refractivity contribution < 1.29 is 9.84 Å². The standard InChI is InChI=1S/C12H18O2/c1-4-10-6-5-7-11(8-10)12(13)9(2)14-3/h5-9,12-13H,4H2,1-3H3. The molecule has 0 aliphatic rings. The summed E-state index contributed by atoms with van der Waals surface area (Å²) in [5.41, 5.74) is 2.17. The lowest BCUT2D eigenvalue weighted by molar-refractivity contribution is -0.00145. The van der Waals surface area contributed by atoms with Crippen molar-refractivity contribution in [1.29, 1.82) is 0 Å². The van der Waals surface area contributed by atoms with E-state index in [9.17, 15) is 5.11 Å². The number of hydrogen-bond donors (Lipinski definition) is 1. The van der Waals surface area contributed by atoms with Gasteiger partial charge in [0.25, 0.3) is 0 Å². The Balaban J connectivity index is 2.83. The quantitative estimate of drug-likeness (QED) is 0.797. The van der Waals surface area contributed by atoms with Crippen LogP contribution in [0.4, 0.5) is 0 Å². The average Bonchev–Trinajstić information content (AvgIpc) is 2.27. The van der Waals surface area contributed by atoms with E-state index in [-0.39, 0.29) is 6.10 Å². The molecule has 0 fully saturated rings. The number of aliphatic hydroxyl groups is 1. The van der Waals surface area contributed by atoms with Gasteiger partial charge in [-0.1, -0.05) is 31.2 Å². The van der Waals surface area contributed by atoms with Crippen molar-refractivity contribution >= 4 is 0 Å². The lowest BCUT2D eigenvalue weighted by atomic mass is 10.0. The largest absolute Gasteiger partial charge is 0.386 e. The highest BCUT2D eigenvalue weighted by atomic mass is 16.5. The zero-order chi connectivity index (χ0) is 10.6. The molecule has 0 spiro atoms. The highest BCUT2D eigenvalue weighted by Crippen LogP contribution is 2.19. The molecular weight excluding hydrogens is 176 g/mol. The Hall–Kier alpha value is -0.860. The number of aliphatic hydroxyl groups excluding tert-OH is 1. The fourth-order valence-electron chi connectivity index (χ4n) is 1.40. The van der Waals surface area contributed by atoms with Gasteiger partial charge >= 0.3 is 0 Å². The van der Waals surface area contributed by atoms with Crippen LogP contribution in [-0.4, -0.2) is 18.3 Å². The Bertz CT molecular complexity index is 283. The van der Waals surface area contributed by atoms with Gasteiger partial charge in [0.15, 0.2) is 0 Å². The third kappa shape index (κ3) is 2.56. The molecule has 2 unspecified atom stereocenters. The van der Waals surface area contributed by atoms with Gasteiger partial charge in [0.05, 0.1) is 6.10 Å². The van der Waals surface area contributed by atoms with Crippen LogP contribution >= 0.6 is 0 Å². The van der Waals surface area contributed by atoms with Crippen LogP contribution in [0.15, 0.2) is 24.3 Å². The summed E-state index contributed by atoms with van der Waals surface area (Å²) < 4.78 is 5.09. The first-order valence-corrected chi connectivity index (χ1v) is 4.98. The van der Waals surface area contributed by atoms with Gasteiger partial charge in [0.2, 0.25) is 0 Å². The molecular formula is C12H18O2. The van der Waals surface area contributed by atoms with Crippen LogP contribution in [0.1, 0.15) is 31.1 Å². The maximum atomic E-state index is 9.88. The van der Waals surface area contributed by atoms with Crippen LogP contribution in [0.5, 0.6) is 0 Å². The average molecular weight is 194 g/mol. The number of ether oxygens (including phenoxy) is 1. The molecule has 0 aliphatic heterocycles. The summed E-state index contributed by atoms with van der Waals surface area (Å²) in [7, 11) is 1.61. The number of rotatable bonds is 4. The molecule has 0 bridgehead atoms. The van der Waals surface area contributed by atoms with Crippen LogP contribution in [0.2, 0.25) is 0 Å². The second kappa shape index (κ2) is 5.13. The van der Waals surface area contributed by atoms with Crippen molar-refractivity contribution in [2.75, 3.05) is 7.11 Å². The van der Waals surface area contributed by atoms with E-state index in [1.807, 2.05) is 25.1 Å². The summed E-state index contributed by atoms with van der Waals surface area (Å²) in [6, 6.07) is 7.99. The van der Waals surface area contributed by atoms with Gasteiger partial charge in [-0.15, -0.1) is 0 Å². The van der Waals surface area contributed by atoms with Gasteiger partial charge in [-0.25, -0.2) is 0 Å². The van der Waals surface area contributed by atoms with Crippen LogP contribution in [0.3, 0.4) is 0 Å². The van der Waals surface area contributed by atoms with E-state index in [1.165, 1.54) is 5.56 Å². The SMILES string of the molecule is CCc1cccc(C(O)C(C)OC)c1. The van der Waals surface area contributed by atoms with Crippen molar-refractivity contribution in [3.05, 3.63) is 35.4 Å². The van der Waals surface area contributed by atoms with Crippen molar-refractivity contribution in [2.45, 2.75) is 32.5 Å². The van der Waals surface area contributed by atoms with E-state index >= 15 is 0 Å². The summed E-state index contributed by atoms with van der Waals surface area (Å²) in [5, 5.41) is 9.88. The van der Waals surface area contributed by atoms with Gasteiger partial charge in [0.1, 0.15) is 6.10 Å². The third-order valence-corrected chi connectivity index (χ3v) is 2.52. The maximum Gasteiger partial charge on any atom is 0.105 e. The number of hydrogen-bond acceptors (Lipinski definition) is 2. The Kier molecular flexibility index (Phi) is 4.11. The monoisotopic (exact) mass is 194 g/mol. The Morgan fingerprint density at radius 2 is 2.14 bits per heavy atom. The van der Waals surface area contributed by atoms with E-state index in [1.54, 1.807) is 7.11 Å². The van der Waals surface area contributed by atoms with Crippen molar-refractivity contribution in [3.8, 4) is 0 Å². The summed E-state index contributed by atoms with van der Waals surface area (Å²) in [5.74, 6) is 0. The van der Waals surface area contributed by atoms with E-state index in [0.29, 0.717) is 0 Å². The summed E-state index contributed by atoms with van der Waals surface area (Å²) in [6.45, 7) is 3.97. The molecule has 1 N–H and O–H groups in total. The van der Waals surface area contributed by atoms with Crippen molar-refractivity contribution in [2.24, 2.45) is 0 Å². The van der Waals surface area contributed by atoms with Crippen molar-refractivity contribution in [3.63, 3.8) is 0 Å². The number of benzene rings is 1. The number of aryl methyl sites for hydroxylation is 1. The lowest BCUT2D eigenvalue weighted by Gasteiger charge is -2.18. The molecule has 0 radical (unpaired) electrons. The topological polar surface area (TPSA) is 29.5 Å². The van der Waals surface area contributed by atoms with Gasteiger partial charge in [-0.05, 0) is 24.5 Å². The number of methoxy groups -OCH3 is 1. The smallest absolute Gasteiger partial charge is 0.105 e. The zero-order valence-corrected chi connectivity index (χ0v) is 9.03. The minimum Gasteiger partial charge on any atom is -0.386 e. The van der Waals surface area contributed by atoms with Crippen LogP contribution in [0.25, 0.3) is 0 Å². The predicted molar refractivity (Wildman–Crippen MR) is 57.3 cm³/mol.